The van der Waals surface area contributed by atoms with E-state index in [-0.39, 0.29) is 11.6 Å². The Morgan fingerprint density at radius 3 is 2.74 bits per heavy atom. The Balaban J connectivity index is 1.39. The lowest BCUT2D eigenvalue weighted by Gasteiger charge is -2.30. The predicted molar refractivity (Wildman–Crippen MR) is 106 cm³/mol. The van der Waals surface area contributed by atoms with Crippen LogP contribution in [-0.2, 0) is 22.5 Å². The number of carbonyl (C=O) groups excluding carboxylic acids is 2. The second kappa shape index (κ2) is 7.62. The Bertz CT molecular complexity index is 965. The van der Waals surface area contributed by atoms with E-state index in [0.29, 0.717) is 13.1 Å². The summed E-state index contributed by atoms with van der Waals surface area (Å²) in [6, 6.07) is 12.0. The average Bonchev–Trinajstić information content (AvgIpc) is 3.38. The molecule has 1 aliphatic heterocycles. The molecule has 2 aromatic heterocycles. The Labute approximate surface area is 165 Å². The maximum atomic E-state index is 12.7. The molecular weight excluding hydrogens is 380 g/mol. The molecule has 0 saturated heterocycles. The second-order valence-electron chi connectivity index (χ2n) is 6.34. The van der Waals surface area contributed by atoms with Crippen LogP contribution in [0, 0.1) is 0 Å². The molecule has 0 spiro atoms. The summed E-state index contributed by atoms with van der Waals surface area (Å²) >= 11 is 2.96. The highest BCUT2D eigenvalue weighted by molar-refractivity contribution is 7.20. The number of thiophene rings is 1. The third-order valence-corrected chi connectivity index (χ3v) is 6.40. The molecule has 3 heterocycles. The number of hydrogen-bond donors (Lipinski definition) is 0. The quantitative estimate of drug-likeness (QED) is 0.623. The largest absolute Gasteiger partial charge is 0.448 e. The van der Waals surface area contributed by atoms with Gasteiger partial charge in [-0.05, 0) is 35.9 Å². The van der Waals surface area contributed by atoms with E-state index in [1.54, 1.807) is 28.5 Å². The molecule has 1 amide bonds. The van der Waals surface area contributed by atoms with Crippen LogP contribution in [0.1, 0.15) is 28.5 Å². The molecule has 1 aromatic carbocycles. The van der Waals surface area contributed by atoms with Crippen LogP contribution in [0.3, 0.4) is 0 Å². The minimum atomic E-state index is -0.838. The van der Waals surface area contributed by atoms with Gasteiger partial charge in [0.2, 0.25) is 0 Å². The van der Waals surface area contributed by atoms with Gasteiger partial charge in [-0.2, -0.15) is 0 Å². The summed E-state index contributed by atoms with van der Waals surface area (Å²) < 4.78 is 5.39. The van der Waals surface area contributed by atoms with Crippen molar-refractivity contribution in [1.82, 2.24) is 9.88 Å². The predicted octanol–water partition coefficient (Wildman–Crippen LogP) is 4.00. The highest BCUT2D eigenvalue weighted by atomic mass is 32.1. The van der Waals surface area contributed by atoms with Gasteiger partial charge < -0.3 is 9.64 Å². The molecule has 0 fully saturated rings. The Morgan fingerprint density at radius 1 is 1.15 bits per heavy atom. The SMILES string of the molecule is C[C@H](OC(=O)c1csc(-c2cccs2)n1)C(=O)N1CCc2ccccc2C1. The highest BCUT2D eigenvalue weighted by Gasteiger charge is 2.28. The van der Waals surface area contributed by atoms with Crippen LogP contribution in [0.4, 0.5) is 0 Å². The topological polar surface area (TPSA) is 59.5 Å². The summed E-state index contributed by atoms with van der Waals surface area (Å²) in [6.07, 6.45) is -0.0200. The monoisotopic (exact) mass is 398 g/mol. The molecule has 4 rings (SSSR count). The third-order valence-electron chi connectivity index (χ3n) is 4.52. The Hall–Kier alpha value is -2.51. The summed E-state index contributed by atoms with van der Waals surface area (Å²) in [6.45, 7) is 2.81. The van der Waals surface area contributed by atoms with Crippen LogP contribution in [0.5, 0.6) is 0 Å². The number of rotatable bonds is 4. The van der Waals surface area contributed by atoms with Gasteiger partial charge in [0.05, 0.1) is 4.88 Å². The van der Waals surface area contributed by atoms with Crippen molar-refractivity contribution < 1.29 is 14.3 Å². The van der Waals surface area contributed by atoms with Crippen LogP contribution in [0.2, 0.25) is 0 Å². The van der Waals surface area contributed by atoms with E-state index in [2.05, 4.69) is 11.1 Å². The summed E-state index contributed by atoms with van der Waals surface area (Å²) in [5.74, 6) is -0.737. The number of thiazole rings is 1. The molecule has 27 heavy (non-hydrogen) atoms. The first-order chi connectivity index (χ1) is 13.1. The van der Waals surface area contributed by atoms with E-state index in [0.717, 1.165) is 21.9 Å². The maximum Gasteiger partial charge on any atom is 0.358 e. The van der Waals surface area contributed by atoms with Gasteiger partial charge in [-0.3, -0.25) is 4.79 Å². The summed E-state index contributed by atoms with van der Waals surface area (Å²) in [5.41, 5.74) is 2.66. The van der Waals surface area contributed by atoms with E-state index < -0.39 is 12.1 Å². The molecule has 0 aliphatic carbocycles. The maximum absolute atomic E-state index is 12.7. The number of amides is 1. The van der Waals surface area contributed by atoms with E-state index in [1.807, 2.05) is 35.7 Å². The average molecular weight is 399 g/mol. The van der Waals surface area contributed by atoms with E-state index >= 15 is 0 Å². The lowest BCUT2D eigenvalue weighted by Crippen LogP contribution is -2.42. The summed E-state index contributed by atoms with van der Waals surface area (Å²) in [7, 11) is 0. The fraction of sp³-hybridized carbons (Fsp3) is 0.250. The standard InChI is InChI=1S/C20H18N2O3S2/c1-13(19(23)22-9-8-14-5-2-3-6-15(14)11-22)25-20(24)16-12-27-18(21-16)17-7-4-10-26-17/h2-7,10,12-13H,8-9,11H2,1H3/t13-/m0/s1. The van der Waals surface area contributed by atoms with Crippen LogP contribution < -0.4 is 0 Å². The molecule has 1 aliphatic rings. The summed E-state index contributed by atoms with van der Waals surface area (Å²) in [5, 5.41) is 4.42. The van der Waals surface area contributed by atoms with Gasteiger partial charge in [-0.15, -0.1) is 22.7 Å². The smallest absolute Gasteiger partial charge is 0.358 e. The second-order valence-corrected chi connectivity index (χ2v) is 8.15. The normalized spacial score (nSPS) is 14.5. The van der Waals surface area contributed by atoms with E-state index in [4.69, 9.17) is 4.74 Å². The lowest BCUT2D eigenvalue weighted by atomic mass is 9.99. The van der Waals surface area contributed by atoms with Gasteiger partial charge in [-0.25, -0.2) is 9.78 Å². The number of esters is 1. The zero-order valence-corrected chi connectivity index (χ0v) is 16.4. The lowest BCUT2D eigenvalue weighted by molar-refractivity contribution is -0.140. The molecule has 0 saturated carbocycles. The molecule has 3 aromatic rings. The van der Waals surface area contributed by atoms with Gasteiger partial charge in [-0.1, -0.05) is 30.3 Å². The molecule has 0 N–H and O–H groups in total. The fourth-order valence-corrected chi connectivity index (χ4v) is 4.70. The first-order valence-electron chi connectivity index (χ1n) is 8.68. The molecule has 1 atom stereocenters. The molecular formula is C20H18N2O3S2. The van der Waals surface area contributed by atoms with Gasteiger partial charge in [0.15, 0.2) is 11.8 Å². The van der Waals surface area contributed by atoms with Gasteiger partial charge in [0.1, 0.15) is 5.01 Å². The van der Waals surface area contributed by atoms with Crippen LogP contribution >= 0.6 is 22.7 Å². The minimum absolute atomic E-state index is 0.174. The molecule has 138 valence electrons. The first-order valence-corrected chi connectivity index (χ1v) is 10.4. The fourth-order valence-electron chi connectivity index (χ4n) is 3.09. The van der Waals surface area contributed by atoms with Crippen molar-refractivity contribution in [3.05, 3.63) is 64.0 Å². The van der Waals surface area contributed by atoms with E-state index in [9.17, 15) is 9.59 Å². The third kappa shape index (κ3) is 3.79. The van der Waals surface area contributed by atoms with Crippen molar-refractivity contribution in [2.45, 2.75) is 26.0 Å². The molecule has 5 nitrogen and oxygen atoms in total. The molecule has 0 bridgehead atoms. The Morgan fingerprint density at radius 2 is 1.96 bits per heavy atom. The number of hydrogen-bond acceptors (Lipinski definition) is 6. The van der Waals surface area contributed by atoms with Gasteiger partial charge >= 0.3 is 5.97 Å². The van der Waals surface area contributed by atoms with Crippen molar-refractivity contribution in [2.24, 2.45) is 0 Å². The number of carbonyl (C=O) groups is 2. The van der Waals surface area contributed by atoms with Crippen LogP contribution in [0.15, 0.2) is 47.2 Å². The van der Waals surface area contributed by atoms with Crippen molar-refractivity contribution >= 4 is 34.6 Å². The molecule has 0 unspecified atom stereocenters. The van der Waals surface area contributed by atoms with Crippen molar-refractivity contribution in [1.29, 1.82) is 0 Å². The van der Waals surface area contributed by atoms with Crippen LogP contribution in [-0.4, -0.2) is 34.4 Å². The van der Waals surface area contributed by atoms with Crippen LogP contribution in [0.25, 0.3) is 9.88 Å². The number of ether oxygens (including phenoxy) is 1. The Kier molecular flexibility index (Phi) is 5.05. The molecule has 0 radical (unpaired) electrons. The van der Waals surface area contributed by atoms with Crippen molar-refractivity contribution in [2.75, 3.05) is 6.54 Å². The minimum Gasteiger partial charge on any atom is -0.448 e. The van der Waals surface area contributed by atoms with Crippen molar-refractivity contribution in [3.8, 4) is 9.88 Å². The van der Waals surface area contributed by atoms with E-state index in [1.165, 1.54) is 16.9 Å². The zero-order valence-electron chi connectivity index (χ0n) is 14.8. The zero-order chi connectivity index (χ0) is 18.8. The highest BCUT2D eigenvalue weighted by Crippen LogP contribution is 2.28. The number of aromatic nitrogens is 1. The molecule has 7 heteroatoms. The number of nitrogens with zero attached hydrogens (tertiary/aromatic N) is 2. The van der Waals surface area contributed by atoms with Gasteiger partial charge in [0.25, 0.3) is 5.91 Å². The number of fused-ring (bicyclic) bond motifs is 1. The summed E-state index contributed by atoms with van der Waals surface area (Å²) in [4.78, 5) is 32.2. The van der Waals surface area contributed by atoms with Gasteiger partial charge in [0, 0.05) is 18.5 Å². The first kappa shape index (κ1) is 17.9. The van der Waals surface area contributed by atoms with Crippen molar-refractivity contribution in [3.63, 3.8) is 0 Å². The number of benzene rings is 1.